The molecular formula is C32H20FNO3. The molecule has 2 N–H and O–H groups in total. The molecule has 0 spiro atoms. The normalized spacial score (nSPS) is 10.4. The Hall–Kier alpha value is -5.21. The summed E-state index contributed by atoms with van der Waals surface area (Å²) in [6.07, 6.45) is 0. The summed E-state index contributed by atoms with van der Waals surface area (Å²) in [7, 11) is 0. The van der Waals surface area contributed by atoms with Crippen LogP contribution in [0.2, 0.25) is 0 Å². The van der Waals surface area contributed by atoms with Crippen molar-refractivity contribution in [1.82, 2.24) is 0 Å². The van der Waals surface area contributed by atoms with Crippen molar-refractivity contribution in [2.75, 3.05) is 5.32 Å². The maximum absolute atomic E-state index is 13.3. The van der Waals surface area contributed by atoms with Gasteiger partial charge in [-0.05, 0) is 76.5 Å². The number of aromatic carboxylic acids is 1. The summed E-state index contributed by atoms with van der Waals surface area (Å²) in [4.78, 5) is 24.6. The standard InChI is InChI=1S/C32H20FNO3/c33-28-15-12-23(13-16-28)25-14-17-30(32(36)37)26(19-25)9-8-21-4-3-7-29(18-21)34-31(35)27-11-10-22-5-1-2-6-24(22)20-27/h1-7,10-20H,(H,34,35)(H,36,37). The van der Waals surface area contributed by atoms with Crippen LogP contribution in [-0.2, 0) is 0 Å². The summed E-state index contributed by atoms with van der Waals surface area (Å²) >= 11 is 0. The Morgan fingerprint density at radius 3 is 2.24 bits per heavy atom. The van der Waals surface area contributed by atoms with E-state index in [0.29, 0.717) is 22.4 Å². The molecule has 0 heterocycles. The lowest BCUT2D eigenvalue weighted by molar-refractivity contribution is 0.0696. The molecule has 5 heteroatoms. The molecule has 178 valence electrons. The van der Waals surface area contributed by atoms with Crippen LogP contribution >= 0.6 is 0 Å². The van der Waals surface area contributed by atoms with Gasteiger partial charge in [-0.2, -0.15) is 0 Å². The Morgan fingerprint density at radius 2 is 1.46 bits per heavy atom. The lowest BCUT2D eigenvalue weighted by atomic mass is 9.99. The molecule has 0 radical (unpaired) electrons. The Morgan fingerprint density at radius 1 is 0.703 bits per heavy atom. The van der Waals surface area contributed by atoms with Gasteiger partial charge in [0.25, 0.3) is 5.91 Å². The molecule has 5 aromatic carbocycles. The fourth-order valence-electron chi connectivity index (χ4n) is 4.00. The summed E-state index contributed by atoms with van der Waals surface area (Å²) in [5.41, 5.74) is 3.60. The molecule has 37 heavy (non-hydrogen) atoms. The summed E-state index contributed by atoms with van der Waals surface area (Å²) in [6.45, 7) is 0. The van der Waals surface area contributed by atoms with Crippen molar-refractivity contribution >= 4 is 28.3 Å². The third-order valence-electron chi connectivity index (χ3n) is 5.90. The van der Waals surface area contributed by atoms with Gasteiger partial charge in [0, 0.05) is 22.4 Å². The smallest absolute Gasteiger partial charge is 0.336 e. The molecule has 0 aliphatic heterocycles. The predicted molar refractivity (Wildman–Crippen MR) is 143 cm³/mol. The van der Waals surface area contributed by atoms with Crippen LogP contribution < -0.4 is 5.32 Å². The minimum Gasteiger partial charge on any atom is -0.478 e. The number of anilines is 1. The van der Waals surface area contributed by atoms with Gasteiger partial charge in [0.1, 0.15) is 5.82 Å². The van der Waals surface area contributed by atoms with Crippen LogP contribution in [0.5, 0.6) is 0 Å². The Balaban J connectivity index is 1.40. The van der Waals surface area contributed by atoms with Crippen molar-refractivity contribution < 1.29 is 19.1 Å². The number of benzene rings is 5. The summed E-state index contributed by atoms with van der Waals surface area (Å²) < 4.78 is 13.3. The van der Waals surface area contributed by atoms with Gasteiger partial charge in [-0.1, -0.05) is 66.4 Å². The molecule has 5 rings (SSSR count). The molecule has 0 atom stereocenters. The summed E-state index contributed by atoms with van der Waals surface area (Å²) in [5, 5.41) is 14.5. The van der Waals surface area contributed by atoms with E-state index in [2.05, 4.69) is 17.2 Å². The second-order valence-electron chi connectivity index (χ2n) is 8.42. The van der Waals surface area contributed by atoms with Crippen LogP contribution in [0.25, 0.3) is 21.9 Å². The number of hydrogen-bond donors (Lipinski definition) is 2. The molecule has 4 nitrogen and oxygen atoms in total. The molecule has 0 aromatic heterocycles. The number of halogens is 1. The fraction of sp³-hybridized carbons (Fsp3) is 0. The highest BCUT2D eigenvalue weighted by Gasteiger charge is 2.11. The maximum Gasteiger partial charge on any atom is 0.336 e. The lowest BCUT2D eigenvalue weighted by Crippen LogP contribution is -2.11. The molecule has 0 saturated carbocycles. The first kappa shape index (κ1) is 23.5. The predicted octanol–water partition coefficient (Wildman–Crippen LogP) is 7.00. The van der Waals surface area contributed by atoms with E-state index in [1.165, 1.54) is 18.2 Å². The molecule has 0 unspecified atom stereocenters. The Labute approximate surface area is 213 Å². The SMILES string of the molecule is O=C(Nc1cccc(C#Cc2cc(-c3ccc(F)cc3)ccc2C(=O)O)c1)c1ccc2ccccc2c1. The number of carboxylic acid groups (broad SMARTS) is 1. The molecule has 0 saturated heterocycles. The molecular weight excluding hydrogens is 465 g/mol. The zero-order valence-electron chi connectivity index (χ0n) is 19.5. The quantitative estimate of drug-likeness (QED) is 0.270. The number of amides is 1. The highest BCUT2D eigenvalue weighted by atomic mass is 19.1. The Kier molecular flexibility index (Phi) is 6.48. The van der Waals surface area contributed by atoms with Crippen LogP contribution in [0.3, 0.4) is 0 Å². The Bertz CT molecular complexity index is 1710. The van der Waals surface area contributed by atoms with Gasteiger partial charge in [0.2, 0.25) is 0 Å². The highest BCUT2D eigenvalue weighted by molar-refractivity contribution is 6.06. The number of carbonyl (C=O) groups is 2. The van der Waals surface area contributed by atoms with E-state index in [1.807, 2.05) is 36.4 Å². The van der Waals surface area contributed by atoms with Crippen LogP contribution in [0, 0.1) is 17.7 Å². The van der Waals surface area contributed by atoms with Gasteiger partial charge in [-0.25, -0.2) is 9.18 Å². The lowest BCUT2D eigenvalue weighted by Gasteiger charge is -2.07. The van der Waals surface area contributed by atoms with Crippen molar-refractivity contribution in [3.63, 3.8) is 0 Å². The first-order chi connectivity index (χ1) is 18.0. The minimum absolute atomic E-state index is 0.0686. The van der Waals surface area contributed by atoms with Crippen LogP contribution in [-0.4, -0.2) is 17.0 Å². The minimum atomic E-state index is -1.09. The van der Waals surface area contributed by atoms with Gasteiger partial charge in [-0.3, -0.25) is 4.79 Å². The second-order valence-corrected chi connectivity index (χ2v) is 8.42. The number of nitrogens with one attached hydrogen (secondary N) is 1. The average Bonchev–Trinajstić information content (AvgIpc) is 2.92. The van der Waals surface area contributed by atoms with E-state index >= 15 is 0 Å². The largest absolute Gasteiger partial charge is 0.478 e. The zero-order valence-corrected chi connectivity index (χ0v) is 19.5. The number of carboxylic acids is 1. The fourth-order valence-corrected chi connectivity index (χ4v) is 4.00. The number of rotatable bonds is 4. The van der Waals surface area contributed by atoms with Crippen molar-refractivity contribution in [2.24, 2.45) is 0 Å². The molecule has 5 aromatic rings. The van der Waals surface area contributed by atoms with Crippen LogP contribution in [0.4, 0.5) is 10.1 Å². The van der Waals surface area contributed by atoms with Crippen molar-refractivity contribution in [1.29, 1.82) is 0 Å². The van der Waals surface area contributed by atoms with Crippen LogP contribution in [0.1, 0.15) is 31.8 Å². The van der Waals surface area contributed by atoms with Crippen molar-refractivity contribution in [2.45, 2.75) is 0 Å². The van der Waals surface area contributed by atoms with Gasteiger partial charge in [0.15, 0.2) is 0 Å². The molecule has 1 amide bonds. The number of hydrogen-bond acceptors (Lipinski definition) is 2. The molecule has 0 bridgehead atoms. The third-order valence-corrected chi connectivity index (χ3v) is 5.90. The second kappa shape index (κ2) is 10.2. The van der Waals surface area contributed by atoms with Crippen molar-refractivity contribution in [3.8, 4) is 23.0 Å². The molecule has 0 aliphatic carbocycles. The first-order valence-corrected chi connectivity index (χ1v) is 11.5. The topological polar surface area (TPSA) is 66.4 Å². The highest BCUT2D eigenvalue weighted by Crippen LogP contribution is 2.23. The van der Waals surface area contributed by atoms with Crippen molar-refractivity contribution in [3.05, 3.63) is 137 Å². The summed E-state index contributed by atoms with van der Waals surface area (Å²) in [6, 6.07) is 31.2. The summed E-state index contributed by atoms with van der Waals surface area (Å²) in [5.74, 6) is 4.26. The van der Waals surface area contributed by atoms with E-state index in [4.69, 9.17) is 0 Å². The third kappa shape index (κ3) is 5.39. The molecule has 0 aliphatic rings. The van der Waals surface area contributed by atoms with Gasteiger partial charge in [-0.15, -0.1) is 0 Å². The van der Waals surface area contributed by atoms with E-state index in [1.54, 1.807) is 54.6 Å². The van der Waals surface area contributed by atoms with Gasteiger partial charge < -0.3 is 10.4 Å². The number of fused-ring (bicyclic) bond motifs is 1. The van der Waals surface area contributed by atoms with E-state index in [9.17, 15) is 19.1 Å². The first-order valence-electron chi connectivity index (χ1n) is 11.5. The maximum atomic E-state index is 13.3. The van der Waals surface area contributed by atoms with E-state index in [-0.39, 0.29) is 17.3 Å². The number of carbonyl (C=O) groups excluding carboxylic acids is 1. The van der Waals surface area contributed by atoms with E-state index < -0.39 is 5.97 Å². The zero-order chi connectivity index (χ0) is 25.8. The monoisotopic (exact) mass is 485 g/mol. The van der Waals surface area contributed by atoms with E-state index in [0.717, 1.165) is 21.9 Å². The average molecular weight is 486 g/mol. The van der Waals surface area contributed by atoms with Gasteiger partial charge >= 0.3 is 5.97 Å². The van der Waals surface area contributed by atoms with Crippen LogP contribution in [0.15, 0.2) is 109 Å². The van der Waals surface area contributed by atoms with Gasteiger partial charge in [0.05, 0.1) is 5.56 Å². The molecule has 0 fully saturated rings.